The Kier molecular flexibility index (Phi) is 2.48. The van der Waals surface area contributed by atoms with Gasteiger partial charge >= 0.3 is 0 Å². The van der Waals surface area contributed by atoms with Crippen LogP contribution in [0.1, 0.15) is 29.4 Å². The van der Waals surface area contributed by atoms with E-state index < -0.39 is 0 Å². The van der Waals surface area contributed by atoms with Crippen molar-refractivity contribution < 1.29 is 0 Å². The lowest BCUT2D eigenvalue weighted by atomic mass is 10.2. The Morgan fingerprint density at radius 1 is 1.35 bits per heavy atom. The summed E-state index contributed by atoms with van der Waals surface area (Å²) in [6.45, 7) is 8.12. The average Bonchev–Trinajstić information content (AvgIpc) is 2.85. The number of aryl methyl sites for hydroxylation is 2. The van der Waals surface area contributed by atoms with Crippen molar-refractivity contribution in [3.05, 3.63) is 16.4 Å². The second-order valence-corrected chi connectivity index (χ2v) is 5.57. The van der Waals surface area contributed by atoms with Crippen LogP contribution in [0.4, 0.5) is 0 Å². The molecule has 0 unspecified atom stereocenters. The summed E-state index contributed by atoms with van der Waals surface area (Å²) in [6.07, 6.45) is 0. The molecule has 0 spiro atoms. The fourth-order valence-corrected chi connectivity index (χ4v) is 2.97. The zero-order chi connectivity index (χ0) is 12.0. The number of fused-ring (bicyclic) bond motifs is 1. The molecule has 17 heavy (non-hydrogen) atoms. The second kappa shape index (κ2) is 3.89. The largest absolute Gasteiger partial charge is 0.306 e. The van der Waals surface area contributed by atoms with Gasteiger partial charge in [0.15, 0.2) is 10.8 Å². The summed E-state index contributed by atoms with van der Waals surface area (Å²) in [5.74, 6) is 1.92. The van der Waals surface area contributed by atoms with Crippen molar-refractivity contribution in [2.24, 2.45) is 0 Å². The molecule has 1 atom stereocenters. The molecule has 2 aromatic heterocycles. The first-order valence-corrected chi connectivity index (χ1v) is 6.59. The summed E-state index contributed by atoms with van der Waals surface area (Å²) >= 11 is 1.69. The minimum Gasteiger partial charge on any atom is -0.306 e. The first-order valence-electron chi connectivity index (χ1n) is 5.77. The number of nitrogens with one attached hydrogen (secondary N) is 1. The first-order chi connectivity index (χ1) is 8.16. The minimum absolute atomic E-state index is 0.271. The lowest BCUT2D eigenvalue weighted by Gasteiger charge is -2.21. The fourth-order valence-electron chi connectivity index (χ4n) is 2.07. The van der Waals surface area contributed by atoms with E-state index in [4.69, 9.17) is 0 Å². The zero-order valence-corrected chi connectivity index (χ0v) is 11.0. The van der Waals surface area contributed by atoms with Gasteiger partial charge in [-0.15, -0.1) is 21.5 Å². The van der Waals surface area contributed by atoms with E-state index in [0.717, 1.165) is 35.4 Å². The number of hydrogen-bond donors (Lipinski definition) is 1. The molecule has 1 aliphatic rings. The monoisotopic (exact) mass is 249 g/mol. The molecule has 0 radical (unpaired) electrons. The number of rotatable bonds is 1. The Morgan fingerprint density at radius 3 is 2.88 bits per heavy atom. The average molecular weight is 249 g/mol. The Bertz CT molecular complexity index is 537. The van der Waals surface area contributed by atoms with Crippen LogP contribution in [0.5, 0.6) is 0 Å². The number of nitrogens with zero attached hydrogens (tertiary/aromatic N) is 4. The van der Waals surface area contributed by atoms with Crippen molar-refractivity contribution in [3.8, 4) is 10.8 Å². The van der Waals surface area contributed by atoms with Crippen molar-refractivity contribution in [1.29, 1.82) is 0 Å². The van der Waals surface area contributed by atoms with Gasteiger partial charge in [-0.1, -0.05) is 0 Å². The third kappa shape index (κ3) is 1.68. The number of aromatic nitrogens is 4. The summed E-state index contributed by atoms with van der Waals surface area (Å²) < 4.78 is 2.18. The predicted molar refractivity (Wildman–Crippen MR) is 67.0 cm³/mol. The molecular weight excluding hydrogens is 234 g/mol. The number of thiazole rings is 1. The Balaban J connectivity index is 2.10. The molecule has 3 rings (SSSR count). The highest BCUT2D eigenvalue weighted by Crippen LogP contribution is 2.28. The van der Waals surface area contributed by atoms with Crippen LogP contribution in [0, 0.1) is 13.8 Å². The highest BCUT2D eigenvalue weighted by Gasteiger charge is 2.23. The molecule has 0 aliphatic carbocycles. The third-order valence-electron chi connectivity index (χ3n) is 3.17. The van der Waals surface area contributed by atoms with Crippen LogP contribution < -0.4 is 5.32 Å². The van der Waals surface area contributed by atoms with Crippen LogP contribution in [0.2, 0.25) is 0 Å². The van der Waals surface area contributed by atoms with Gasteiger partial charge in [-0.3, -0.25) is 0 Å². The zero-order valence-electron chi connectivity index (χ0n) is 10.2. The van der Waals surface area contributed by atoms with Gasteiger partial charge in [0.1, 0.15) is 5.82 Å². The topological polar surface area (TPSA) is 55.6 Å². The van der Waals surface area contributed by atoms with Gasteiger partial charge in [-0.05, 0) is 20.8 Å². The van der Waals surface area contributed by atoms with Gasteiger partial charge in [0, 0.05) is 18.0 Å². The summed E-state index contributed by atoms with van der Waals surface area (Å²) in [5.41, 5.74) is 1.09. The lowest BCUT2D eigenvalue weighted by Crippen LogP contribution is -2.32. The molecular formula is C11H15N5S. The van der Waals surface area contributed by atoms with Crippen molar-refractivity contribution >= 4 is 11.3 Å². The molecule has 0 fully saturated rings. The summed E-state index contributed by atoms with van der Waals surface area (Å²) in [6, 6.07) is 0.271. The quantitative estimate of drug-likeness (QED) is 0.835. The van der Waals surface area contributed by atoms with Crippen LogP contribution in [-0.2, 0) is 6.54 Å². The van der Waals surface area contributed by atoms with Gasteiger partial charge in [-0.2, -0.15) is 0 Å². The van der Waals surface area contributed by atoms with E-state index in [9.17, 15) is 0 Å². The van der Waals surface area contributed by atoms with Crippen molar-refractivity contribution in [3.63, 3.8) is 0 Å². The van der Waals surface area contributed by atoms with Crippen LogP contribution in [0.15, 0.2) is 0 Å². The van der Waals surface area contributed by atoms with Gasteiger partial charge in [0.2, 0.25) is 0 Å². The molecule has 6 heteroatoms. The van der Waals surface area contributed by atoms with E-state index in [-0.39, 0.29) is 6.04 Å². The van der Waals surface area contributed by atoms with E-state index in [1.165, 1.54) is 4.88 Å². The molecule has 0 bridgehead atoms. The van der Waals surface area contributed by atoms with Crippen molar-refractivity contribution in [2.45, 2.75) is 33.4 Å². The van der Waals surface area contributed by atoms with Gasteiger partial charge in [0.05, 0.1) is 11.7 Å². The van der Waals surface area contributed by atoms with Crippen LogP contribution in [0.25, 0.3) is 10.8 Å². The molecule has 1 N–H and O–H groups in total. The number of hydrogen-bond acceptors (Lipinski definition) is 5. The minimum atomic E-state index is 0.271. The predicted octanol–water partition coefficient (Wildman–Crippen LogP) is 1.68. The molecule has 0 amide bonds. The lowest BCUT2D eigenvalue weighted by molar-refractivity contribution is 0.439. The summed E-state index contributed by atoms with van der Waals surface area (Å²) in [5, 5.41) is 12.9. The third-order valence-corrected chi connectivity index (χ3v) is 4.24. The van der Waals surface area contributed by atoms with E-state index in [2.05, 4.69) is 38.9 Å². The Morgan fingerprint density at radius 2 is 2.18 bits per heavy atom. The molecule has 0 aromatic carbocycles. The smallest absolute Gasteiger partial charge is 0.193 e. The molecule has 90 valence electrons. The summed E-state index contributed by atoms with van der Waals surface area (Å²) in [7, 11) is 0. The van der Waals surface area contributed by atoms with E-state index in [1.807, 2.05) is 6.92 Å². The standard InChI is InChI=1S/C11H15N5S/c1-6-8(3)17-11(13-6)10-15-14-9-7(2)12-4-5-16(9)10/h7,12H,4-5H2,1-3H3/t7-/m1/s1. The maximum atomic E-state index is 4.56. The summed E-state index contributed by atoms with van der Waals surface area (Å²) in [4.78, 5) is 5.81. The Hall–Kier alpha value is -1.27. The normalized spacial score (nSPS) is 19.4. The molecule has 0 saturated carbocycles. The van der Waals surface area contributed by atoms with Crippen molar-refractivity contribution in [2.75, 3.05) is 6.54 Å². The molecule has 5 nitrogen and oxygen atoms in total. The Labute approximate surface area is 104 Å². The van der Waals surface area contributed by atoms with Gasteiger partial charge in [-0.25, -0.2) is 4.98 Å². The van der Waals surface area contributed by atoms with Crippen LogP contribution >= 0.6 is 11.3 Å². The van der Waals surface area contributed by atoms with E-state index in [1.54, 1.807) is 11.3 Å². The maximum absolute atomic E-state index is 4.56. The first kappa shape index (κ1) is 10.9. The SMILES string of the molecule is Cc1nc(-c2nnc3n2CCN[C@@H]3C)sc1C. The fraction of sp³-hybridized carbons (Fsp3) is 0.545. The maximum Gasteiger partial charge on any atom is 0.193 e. The molecule has 3 heterocycles. The molecule has 0 saturated heterocycles. The second-order valence-electron chi connectivity index (χ2n) is 4.37. The van der Waals surface area contributed by atoms with Gasteiger partial charge < -0.3 is 9.88 Å². The van der Waals surface area contributed by atoms with Crippen molar-refractivity contribution in [1.82, 2.24) is 25.1 Å². The van der Waals surface area contributed by atoms with E-state index >= 15 is 0 Å². The van der Waals surface area contributed by atoms with Gasteiger partial charge in [0.25, 0.3) is 0 Å². The highest BCUT2D eigenvalue weighted by molar-refractivity contribution is 7.15. The van der Waals surface area contributed by atoms with E-state index in [0.29, 0.717) is 0 Å². The highest BCUT2D eigenvalue weighted by atomic mass is 32.1. The molecule has 1 aliphatic heterocycles. The van der Waals surface area contributed by atoms with Crippen LogP contribution in [-0.4, -0.2) is 26.3 Å². The van der Waals surface area contributed by atoms with Crippen LogP contribution in [0.3, 0.4) is 0 Å². The molecule has 2 aromatic rings.